The largest absolute Gasteiger partial charge is 0.368 e. The molecule has 0 atom stereocenters. The van der Waals surface area contributed by atoms with Crippen LogP contribution in [0.1, 0.15) is 13.8 Å². The van der Waals surface area contributed by atoms with Crippen molar-refractivity contribution in [1.29, 1.82) is 0 Å². The second-order valence-electron chi connectivity index (χ2n) is 3.65. The average molecular weight is 230 g/mol. The third-order valence-electron chi connectivity index (χ3n) is 1.79. The highest BCUT2D eigenvalue weighted by Crippen LogP contribution is 2.25. The number of thioether (sulfide) groups is 1. The van der Waals surface area contributed by atoms with E-state index in [2.05, 4.69) is 20.6 Å². The maximum Gasteiger partial charge on any atom is 0.240 e. The molecular weight excluding hydrogens is 216 g/mol. The number of nitrogens with one attached hydrogen (secondary N) is 2. The van der Waals surface area contributed by atoms with Gasteiger partial charge in [-0.2, -0.15) is 4.98 Å². The summed E-state index contributed by atoms with van der Waals surface area (Å²) in [7, 11) is 0. The zero-order valence-corrected chi connectivity index (χ0v) is 9.39. The molecule has 0 fully saturated rings. The van der Waals surface area contributed by atoms with Crippen LogP contribution in [0.5, 0.6) is 0 Å². The summed E-state index contributed by atoms with van der Waals surface area (Å²) in [6, 6.07) is 0. The van der Waals surface area contributed by atoms with Crippen LogP contribution in [0.15, 0.2) is 5.16 Å². The van der Waals surface area contributed by atoms with Gasteiger partial charge in [0.1, 0.15) is 0 Å². The monoisotopic (exact) mass is 230 g/mol. The van der Waals surface area contributed by atoms with Gasteiger partial charge in [0.25, 0.3) is 0 Å². The van der Waals surface area contributed by atoms with Crippen molar-refractivity contribution in [3.8, 4) is 0 Å². The van der Waals surface area contributed by atoms with Crippen molar-refractivity contribution in [2.75, 3.05) is 11.5 Å². The molecule has 1 aromatic heterocycles. The van der Waals surface area contributed by atoms with Crippen LogP contribution >= 0.6 is 11.8 Å². The minimum absolute atomic E-state index is 0.224. The van der Waals surface area contributed by atoms with Crippen LogP contribution < -0.4 is 17.0 Å². The molecule has 0 aliphatic heterocycles. The molecule has 0 saturated carbocycles. The van der Waals surface area contributed by atoms with Gasteiger partial charge in [0.2, 0.25) is 17.0 Å². The molecule has 1 rings (SSSR count). The zero-order valence-electron chi connectivity index (χ0n) is 8.57. The Morgan fingerprint density at radius 1 is 1.67 bits per heavy atom. The van der Waals surface area contributed by atoms with E-state index in [1.807, 2.05) is 0 Å². The molecule has 1 amide bonds. The Hall–Kier alpha value is -1.28. The van der Waals surface area contributed by atoms with Gasteiger partial charge in [-0.3, -0.25) is 10.2 Å². The lowest BCUT2D eigenvalue weighted by molar-refractivity contribution is -0.128. The molecule has 0 aliphatic carbocycles. The van der Waals surface area contributed by atoms with Gasteiger partial charge in [0.05, 0.1) is 5.41 Å². The third-order valence-corrected chi connectivity index (χ3v) is 3.10. The molecule has 0 saturated heterocycles. The third kappa shape index (κ3) is 3.10. The summed E-state index contributed by atoms with van der Waals surface area (Å²) in [6.07, 6.45) is 0. The Bertz CT molecular complexity index is 349. The Morgan fingerprint density at radius 2 is 2.33 bits per heavy atom. The minimum atomic E-state index is -0.575. The zero-order chi connectivity index (χ0) is 11.5. The normalized spacial score (nSPS) is 11.4. The SMILES string of the molecule is CC(C)(CSc1n[nH]c(N)n1)C(=O)NN. The fourth-order valence-electron chi connectivity index (χ4n) is 0.829. The molecule has 6 N–H and O–H groups in total. The molecular formula is C7H14N6OS. The molecule has 15 heavy (non-hydrogen) atoms. The maximum atomic E-state index is 11.3. The smallest absolute Gasteiger partial charge is 0.240 e. The maximum absolute atomic E-state index is 11.3. The van der Waals surface area contributed by atoms with Crippen LogP contribution in [-0.4, -0.2) is 26.8 Å². The molecule has 7 nitrogen and oxygen atoms in total. The number of amides is 1. The van der Waals surface area contributed by atoms with E-state index in [-0.39, 0.29) is 11.9 Å². The van der Waals surface area contributed by atoms with E-state index >= 15 is 0 Å². The number of aromatic nitrogens is 3. The first kappa shape index (κ1) is 11.8. The van der Waals surface area contributed by atoms with Crippen molar-refractivity contribution in [3.05, 3.63) is 0 Å². The molecule has 1 heterocycles. The highest BCUT2D eigenvalue weighted by Gasteiger charge is 2.27. The number of carbonyl (C=O) groups excluding carboxylic acids is 1. The van der Waals surface area contributed by atoms with Gasteiger partial charge >= 0.3 is 0 Å². The molecule has 0 spiro atoms. The van der Waals surface area contributed by atoms with Crippen molar-refractivity contribution in [2.24, 2.45) is 11.3 Å². The minimum Gasteiger partial charge on any atom is -0.368 e. The number of hydrazine groups is 1. The molecule has 0 radical (unpaired) electrons. The number of aromatic amines is 1. The van der Waals surface area contributed by atoms with E-state index in [9.17, 15) is 4.79 Å². The van der Waals surface area contributed by atoms with Crippen LogP contribution in [0.25, 0.3) is 0 Å². The first-order valence-electron chi connectivity index (χ1n) is 4.27. The molecule has 1 aromatic rings. The van der Waals surface area contributed by atoms with Gasteiger partial charge in [0, 0.05) is 5.75 Å². The summed E-state index contributed by atoms with van der Waals surface area (Å²) in [5.74, 6) is 5.63. The Morgan fingerprint density at radius 3 is 2.80 bits per heavy atom. The van der Waals surface area contributed by atoms with Crippen molar-refractivity contribution in [2.45, 2.75) is 19.0 Å². The molecule has 8 heteroatoms. The van der Waals surface area contributed by atoms with E-state index in [1.165, 1.54) is 11.8 Å². The van der Waals surface area contributed by atoms with E-state index in [4.69, 9.17) is 11.6 Å². The summed E-state index contributed by atoms with van der Waals surface area (Å²) in [5, 5.41) is 6.88. The first-order valence-corrected chi connectivity index (χ1v) is 5.26. The first-order chi connectivity index (χ1) is 6.95. The Balaban J connectivity index is 2.53. The molecule has 0 aromatic carbocycles. The second kappa shape index (κ2) is 4.49. The van der Waals surface area contributed by atoms with Crippen molar-refractivity contribution >= 4 is 23.6 Å². The van der Waals surface area contributed by atoms with E-state index < -0.39 is 5.41 Å². The number of hydrogen-bond donors (Lipinski definition) is 4. The summed E-state index contributed by atoms with van der Waals surface area (Å²) in [4.78, 5) is 15.2. The highest BCUT2D eigenvalue weighted by atomic mass is 32.2. The van der Waals surface area contributed by atoms with Gasteiger partial charge in [-0.05, 0) is 0 Å². The number of nitrogens with two attached hydrogens (primary N) is 2. The molecule has 0 aliphatic rings. The van der Waals surface area contributed by atoms with Crippen LogP contribution in [0.2, 0.25) is 0 Å². The topological polar surface area (TPSA) is 123 Å². The lowest BCUT2D eigenvalue weighted by Crippen LogP contribution is -2.42. The summed E-state index contributed by atoms with van der Waals surface area (Å²) >= 11 is 1.34. The summed E-state index contributed by atoms with van der Waals surface area (Å²) in [6.45, 7) is 3.58. The van der Waals surface area contributed by atoms with Crippen LogP contribution in [0.4, 0.5) is 5.95 Å². The predicted molar refractivity (Wildman–Crippen MR) is 57.6 cm³/mol. The van der Waals surface area contributed by atoms with Gasteiger partial charge in [-0.25, -0.2) is 10.9 Å². The van der Waals surface area contributed by atoms with Crippen LogP contribution in [0, 0.1) is 5.41 Å². The van der Waals surface area contributed by atoms with Gasteiger partial charge in [-0.15, -0.1) is 5.10 Å². The quantitative estimate of drug-likeness (QED) is 0.239. The van der Waals surface area contributed by atoms with E-state index in [0.717, 1.165) is 0 Å². The Kier molecular flexibility index (Phi) is 3.53. The number of H-pyrrole nitrogens is 1. The highest BCUT2D eigenvalue weighted by molar-refractivity contribution is 7.99. The number of nitrogen functional groups attached to an aromatic ring is 1. The molecule has 84 valence electrons. The lowest BCUT2D eigenvalue weighted by atomic mass is 9.96. The molecule has 0 bridgehead atoms. The van der Waals surface area contributed by atoms with E-state index in [0.29, 0.717) is 10.9 Å². The number of carbonyl (C=O) groups is 1. The number of rotatable bonds is 4. The van der Waals surface area contributed by atoms with Crippen molar-refractivity contribution in [1.82, 2.24) is 20.6 Å². The second-order valence-corrected chi connectivity index (χ2v) is 4.59. The van der Waals surface area contributed by atoms with Crippen LogP contribution in [0.3, 0.4) is 0 Å². The average Bonchev–Trinajstić information content (AvgIpc) is 2.60. The number of nitrogens with zero attached hydrogens (tertiary/aromatic N) is 2. The lowest BCUT2D eigenvalue weighted by Gasteiger charge is -2.20. The van der Waals surface area contributed by atoms with Gasteiger partial charge in [0.15, 0.2) is 0 Å². The van der Waals surface area contributed by atoms with Crippen molar-refractivity contribution in [3.63, 3.8) is 0 Å². The fraction of sp³-hybridized carbons (Fsp3) is 0.571. The standard InChI is InChI=1S/C7H14N6OS/c1-7(2,4(14)11-9)3-15-6-10-5(8)12-13-6/h3,9H2,1-2H3,(H,11,14)(H3,8,10,12,13). The fourth-order valence-corrected chi connectivity index (χ4v) is 1.72. The van der Waals surface area contributed by atoms with Crippen LogP contribution in [-0.2, 0) is 4.79 Å². The molecule has 0 unspecified atom stereocenters. The Labute approximate surface area is 91.4 Å². The van der Waals surface area contributed by atoms with Gasteiger partial charge in [-0.1, -0.05) is 25.6 Å². The van der Waals surface area contributed by atoms with Crippen molar-refractivity contribution < 1.29 is 4.79 Å². The summed E-state index contributed by atoms with van der Waals surface area (Å²) in [5.41, 5.74) is 6.91. The number of anilines is 1. The van der Waals surface area contributed by atoms with E-state index in [1.54, 1.807) is 13.8 Å². The number of hydrogen-bond acceptors (Lipinski definition) is 6. The summed E-state index contributed by atoms with van der Waals surface area (Å²) < 4.78 is 0. The van der Waals surface area contributed by atoms with Gasteiger partial charge < -0.3 is 5.73 Å². The predicted octanol–water partition coefficient (Wildman–Crippen LogP) is -0.505.